The number of carbonyl (C=O) groups is 2. The molecule has 0 bridgehead atoms. The van der Waals surface area contributed by atoms with Crippen LogP contribution >= 0.6 is 34.7 Å². The second-order valence-electron chi connectivity index (χ2n) is 6.28. The third-order valence-electron chi connectivity index (χ3n) is 4.12. The molecule has 1 aromatic heterocycles. The van der Waals surface area contributed by atoms with Crippen molar-refractivity contribution < 1.29 is 14.3 Å². The van der Waals surface area contributed by atoms with Crippen molar-refractivity contribution in [1.82, 2.24) is 20.8 Å². The number of hydrogen-bond donors (Lipinski definition) is 3. The van der Waals surface area contributed by atoms with Crippen LogP contribution in [-0.4, -0.2) is 41.1 Å². The highest BCUT2D eigenvalue weighted by Crippen LogP contribution is 2.32. The van der Waals surface area contributed by atoms with Crippen molar-refractivity contribution in [2.45, 2.75) is 30.6 Å². The SMILES string of the molecule is CCCNc1nnc(SCC2=C(C(=O)OCC)C(c3ccc(Cl)cc3)NC(=O)N2)s1. The summed E-state index contributed by atoms with van der Waals surface area (Å²) in [4.78, 5) is 25.1. The number of benzene rings is 1. The first-order chi connectivity index (χ1) is 14.5. The minimum Gasteiger partial charge on any atom is -0.463 e. The van der Waals surface area contributed by atoms with E-state index in [-0.39, 0.29) is 12.6 Å². The Morgan fingerprint density at radius 2 is 2.07 bits per heavy atom. The number of amides is 2. The fourth-order valence-electron chi connectivity index (χ4n) is 2.79. The number of urea groups is 1. The molecule has 30 heavy (non-hydrogen) atoms. The summed E-state index contributed by atoms with van der Waals surface area (Å²) >= 11 is 8.81. The van der Waals surface area contributed by atoms with E-state index in [0.29, 0.717) is 22.0 Å². The van der Waals surface area contributed by atoms with Crippen molar-refractivity contribution in [3.8, 4) is 0 Å². The lowest BCUT2D eigenvalue weighted by Gasteiger charge is -2.29. The van der Waals surface area contributed by atoms with Crippen molar-refractivity contribution in [3.05, 3.63) is 46.1 Å². The highest BCUT2D eigenvalue weighted by atomic mass is 35.5. The zero-order valence-corrected chi connectivity index (χ0v) is 18.9. The standard InChI is InChI=1S/C19H22ClN5O3S2/c1-3-9-21-18-24-25-19(30-18)29-10-13-14(16(26)28-4-2)15(23-17(27)22-13)11-5-7-12(20)8-6-11/h5-8,15H,3-4,9-10H2,1-2H3,(H,21,24)(H2,22,23,27). The third kappa shape index (κ3) is 5.65. The van der Waals surface area contributed by atoms with Gasteiger partial charge < -0.3 is 20.7 Å². The number of rotatable bonds is 9. The first-order valence-corrected chi connectivity index (χ1v) is 11.6. The minimum atomic E-state index is -0.637. The van der Waals surface area contributed by atoms with Gasteiger partial charge in [-0.1, -0.05) is 53.8 Å². The first kappa shape index (κ1) is 22.4. The Balaban J connectivity index is 1.86. The normalized spacial score (nSPS) is 16.1. The molecule has 160 valence electrons. The number of esters is 1. The van der Waals surface area contributed by atoms with E-state index in [2.05, 4.69) is 33.1 Å². The van der Waals surface area contributed by atoms with Gasteiger partial charge in [-0.15, -0.1) is 10.2 Å². The van der Waals surface area contributed by atoms with E-state index in [1.807, 2.05) is 0 Å². The molecule has 0 aliphatic carbocycles. The predicted octanol–water partition coefficient (Wildman–Crippen LogP) is 3.98. The Morgan fingerprint density at radius 1 is 1.30 bits per heavy atom. The van der Waals surface area contributed by atoms with Crippen LogP contribution in [-0.2, 0) is 9.53 Å². The van der Waals surface area contributed by atoms with E-state index in [1.54, 1.807) is 31.2 Å². The van der Waals surface area contributed by atoms with Crippen LogP contribution in [0, 0.1) is 0 Å². The van der Waals surface area contributed by atoms with Crippen molar-refractivity contribution in [3.63, 3.8) is 0 Å². The molecule has 1 aliphatic rings. The Bertz CT molecular complexity index is 933. The van der Waals surface area contributed by atoms with Gasteiger partial charge in [0, 0.05) is 23.0 Å². The van der Waals surface area contributed by atoms with Crippen molar-refractivity contribution in [2.75, 3.05) is 24.2 Å². The Kier molecular flexibility index (Phi) is 7.94. The summed E-state index contributed by atoms with van der Waals surface area (Å²) in [5.41, 5.74) is 1.59. The molecule has 1 unspecified atom stereocenters. The average Bonchev–Trinajstić information content (AvgIpc) is 3.18. The molecule has 8 nitrogen and oxygen atoms in total. The van der Waals surface area contributed by atoms with Gasteiger partial charge in [-0.3, -0.25) is 0 Å². The van der Waals surface area contributed by atoms with Crippen LogP contribution in [0.15, 0.2) is 39.9 Å². The fourth-order valence-corrected chi connectivity index (χ4v) is 4.66. The first-order valence-electron chi connectivity index (χ1n) is 9.45. The maximum absolute atomic E-state index is 12.8. The molecule has 11 heteroatoms. The zero-order chi connectivity index (χ0) is 21.5. The minimum absolute atomic E-state index is 0.229. The summed E-state index contributed by atoms with van der Waals surface area (Å²) in [6, 6.07) is 5.96. The van der Waals surface area contributed by atoms with Crippen molar-refractivity contribution >= 4 is 51.8 Å². The fraction of sp³-hybridized carbons (Fsp3) is 0.368. The molecular weight excluding hydrogens is 446 g/mol. The lowest BCUT2D eigenvalue weighted by atomic mass is 9.95. The predicted molar refractivity (Wildman–Crippen MR) is 119 cm³/mol. The van der Waals surface area contributed by atoms with Gasteiger partial charge in [0.05, 0.1) is 18.2 Å². The van der Waals surface area contributed by atoms with Gasteiger partial charge in [-0.25, -0.2) is 9.59 Å². The van der Waals surface area contributed by atoms with E-state index in [9.17, 15) is 9.59 Å². The molecule has 2 heterocycles. The van der Waals surface area contributed by atoms with Gasteiger partial charge >= 0.3 is 12.0 Å². The van der Waals surface area contributed by atoms with Crippen LogP contribution in [0.1, 0.15) is 31.9 Å². The third-order valence-corrected chi connectivity index (χ3v) is 6.42. The van der Waals surface area contributed by atoms with E-state index in [1.165, 1.54) is 23.1 Å². The molecule has 1 aliphatic heterocycles. The number of nitrogens with zero attached hydrogens (tertiary/aromatic N) is 2. The summed E-state index contributed by atoms with van der Waals surface area (Å²) in [6.45, 7) is 4.87. The maximum atomic E-state index is 12.8. The number of aromatic nitrogens is 2. The van der Waals surface area contributed by atoms with Gasteiger partial charge in [0.15, 0.2) is 4.34 Å². The summed E-state index contributed by atoms with van der Waals surface area (Å²) in [5.74, 6) is -0.142. The van der Waals surface area contributed by atoms with Crippen LogP contribution in [0.2, 0.25) is 5.02 Å². The Hall–Kier alpha value is -2.30. The number of nitrogens with one attached hydrogen (secondary N) is 3. The molecule has 3 rings (SSSR count). The average molecular weight is 468 g/mol. The van der Waals surface area contributed by atoms with Gasteiger partial charge in [0.2, 0.25) is 5.13 Å². The number of hydrogen-bond acceptors (Lipinski definition) is 8. The number of ether oxygens (including phenoxy) is 1. The van der Waals surface area contributed by atoms with Crippen molar-refractivity contribution in [2.24, 2.45) is 0 Å². The second-order valence-corrected chi connectivity index (χ2v) is 8.92. The molecule has 1 aromatic carbocycles. The zero-order valence-electron chi connectivity index (χ0n) is 16.5. The lowest BCUT2D eigenvalue weighted by Crippen LogP contribution is -2.46. The molecule has 0 spiro atoms. The molecule has 0 fully saturated rings. The molecule has 2 aromatic rings. The quantitative estimate of drug-likeness (QED) is 0.378. The van der Waals surface area contributed by atoms with Gasteiger partial charge in [0.1, 0.15) is 0 Å². The number of carbonyl (C=O) groups excluding carboxylic acids is 2. The molecule has 0 saturated carbocycles. The van der Waals surface area contributed by atoms with Crippen LogP contribution < -0.4 is 16.0 Å². The Morgan fingerprint density at radius 3 is 2.77 bits per heavy atom. The topological polar surface area (TPSA) is 105 Å². The van der Waals surface area contributed by atoms with Crippen LogP contribution in [0.3, 0.4) is 0 Å². The molecule has 1 atom stereocenters. The highest BCUT2D eigenvalue weighted by molar-refractivity contribution is 8.01. The molecule has 0 saturated heterocycles. The smallest absolute Gasteiger partial charge is 0.338 e. The van der Waals surface area contributed by atoms with E-state index >= 15 is 0 Å². The van der Waals surface area contributed by atoms with E-state index in [0.717, 1.165) is 28.0 Å². The van der Waals surface area contributed by atoms with Crippen LogP contribution in [0.25, 0.3) is 0 Å². The molecule has 3 N–H and O–H groups in total. The summed E-state index contributed by atoms with van der Waals surface area (Å²) in [5, 5.41) is 18.3. The Labute approximate surface area is 187 Å². The monoisotopic (exact) mass is 467 g/mol. The lowest BCUT2D eigenvalue weighted by molar-refractivity contribution is -0.139. The maximum Gasteiger partial charge on any atom is 0.338 e. The van der Waals surface area contributed by atoms with Crippen LogP contribution in [0.5, 0.6) is 0 Å². The largest absolute Gasteiger partial charge is 0.463 e. The summed E-state index contributed by atoms with van der Waals surface area (Å²) < 4.78 is 6.00. The number of halogens is 1. The molecular formula is C19H22ClN5O3S2. The summed E-state index contributed by atoms with van der Waals surface area (Å²) in [6.07, 6.45) is 0.989. The number of thioether (sulfide) groups is 1. The molecule has 2 amide bonds. The van der Waals surface area contributed by atoms with Gasteiger partial charge in [0.25, 0.3) is 0 Å². The number of anilines is 1. The van der Waals surface area contributed by atoms with Gasteiger partial charge in [-0.2, -0.15) is 0 Å². The van der Waals surface area contributed by atoms with Crippen LogP contribution in [0.4, 0.5) is 9.93 Å². The molecule has 0 radical (unpaired) electrons. The van der Waals surface area contributed by atoms with E-state index < -0.39 is 12.0 Å². The van der Waals surface area contributed by atoms with E-state index in [4.69, 9.17) is 16.3 Å². The van der Waals surface area contributed by atoms with Gasteiger partial charge in [-0.05, 0) is 31.0 Å². The summed E-state index contributed by atoms with van der Waals surface area (Å²) in [7, 11) is 0. The second kappa shape index (κ2) is 10.6. The highest BCUT2D eigenvalue weighted by Gasteiger charge is 2.33. The van der Waals surface area contributed by atoms with Crippen molar-refractivity contribution in [1.29, 1.82) is 0 Å².